The highest BCUT2D eigenvalue weighted by atomic mass is 16.5. The first kappa shape index (κ1) is 24.7. The number of anilines is 1. The molecule has 178 valence electrons. The molecule has 0 saturated heterocycles. The number of benzene rings is 2. The average Bonchev–Trinajstić information content (AvgIpc) is 2.86. The van der Waals surface area contributed by atoms with E-state index in [0.29, 0.717) is 31.4 Å². The second-order valence-electron chi connectivity index (χ2n) is 7.79. The van der Waals surface area contributed by atoms with Crippen LogP contribution in [0.15, 0.2) is 66.9 Å². The maximum atomic E-state index is 13.0. The fraction of sp³-hybridized carbons (Fsp3) is 0.280. The third-order valence-corrected chi connectivity index (χ3v) is 5.21. The van der Waals surface area contributed by atoms with Crippen molar-refractivity contribution in [3.05, 3.63) is 72.4 Å². The van der Waals surface area contributed by atoms with E-state index in [1.807, 2.05) is 54.6 Å². The summed E-state index contributed by atoms with van der Waals surface area (Å²) < 4.78 is 5.27. The van der Waals surface area contributed by atoms with Crippen molar-refractivity contribution in [1.29, 1.82) is 0 Å². The lowest BCUT2D eigenvalue weighted by atomic mass is 10.1. The number of carbonyl (C=O) groups excluding carboxylic acids is 3. The molecule has 4 N–H and O–H groups in total. The van der Waals surface area contributed by atoms with Crippen molar-refractivity contribution in [2.45, 2.75) is 44.8 Å². The Bertz CT molecular complexity index is 1110. The second-order valence-corrected chi connectivity index (χ2v) is 7.79. The molecule has 0 fully saturated rings. The van der Waals surface area contributed by atoms with Gasteiger partial charge in [-0.05, 0) is 42.7 Å². The van der Waals surface area contributed by atoms with Crippen LogP contribution in [0.5, 0.6) is 0 Å². The number of amides is 3. The molecule has 0 aliphatic heterocycles. The van der Waals surface area contributed by atoms with Crippen LogP contribution in [0.1, 0.15) is 37.7 Å². The lowest BCUT2D eigenvalue weighted by molar-refractivity contribution is -0.129. The maximum Gasteiger partial charge on any atom is 0.408 e. The lowest BCUT2D eigenvalue weighted by Gasteiger charge is -2.18. The van der Waals surface area contributed by atoms with E-state index >= 15 is 0 Å². The van der Waals surface area contributed by atoms with Crippen LogP contribution in [-0.4, -0.2) is 34.1 Å². The zero-order chi connectivity index (χ0) is 24.2. The minimum absolute atomic E-state index is 0.0922. The predicted octanol–water partition coefficient (Wildman–Crippen LogP) is 3.92. The molecule has 2 aromatic carbocycles. The van der Waals surface area contributed by atoms with E-state index in [1.54, 1.807) is 17.7 Å². The molecule has 0 saturated carbocycles. The van der Waals surface area contributed by atoms with Gasteiger partial charge >= 0.3 is 6.09 Å². The molecule has 3 rings (SSSR count). The third-order valence-electron chi connectivity index (χ3n) is 5.21. The van der Waals surface area contributed by atoms with Gasteiger partial charge in [0.05, 0.1) is 5.52 Å². The molecule has 1 unspecified atom stereocenters. The van der Waals surface area contributed by atoms with Gasteiger partial charge in [-0.25, -0.2) is 10.3 Å². The summed E-state index contributed by atoms with van der Waals surface area (Å²) in [6.07, 6.45) is 3.36. The van der Waals surface area contributed by atoms with Crippen molar-refractivity contribution in [3.63, 3.8) is 0 Å². The maximum absolute atomic E-state index is 13.0. The van der Waals surface area contributed by atoms with Crippen molar-refractivity contribution < 1.29 is 24.3 Å². The Morgan fingerprint density at radius 1 is 0.971 bits per heavy atom. The predicted molar refractivity (Wildman–Crippen MR) is 127 cm³/mol. The molecule has 0 radical (unpaired) electrons. The van der Waals surface area contributed by atoms with Crippen molar-refractivity contribution in [2.24, 2.45) is 0 Å². The van der Waals surface area contributed by atoms with Gasteiger partial charge in [-0.2, -0.15) is 0 Å². The van der Waals surface area contributed by atoms with Crippen molar-refractivity contribution in [2.75, 3.05) is 5.32 Å². The second kappa shape index (κ2) is 12.9. The van der Waals surface area contributed by atoms with Crippen LogP contribution in [0, 0.1) is 0 Å². The minimum atomic E-state index is -0.820. The number of unbranched alkanes of at least 4 members (excludes halogenated alkanes) is 2. The van der Waals surface area contributed by atoms with Crippen LogP contribution in [0.4, 0.5) is 10.5 Å². The zero-order valence-corrected chi connectivity index (χ0v) is 18.7. The molecule has 0 aliphatic rings. The molecule has 0 aliphatic carbocycles. The van der Waals surface area contributed by atoms with Crippen molar-refractivity contribution in [3.8, 4) is 0 Å². The topological polar surface area (TPSA) is 130 Å². The monoisotopic (exact) mass is 464 g/mol. The number of nitrogens with zero attached hydrogens (tertiary/aromatic N) is 1. The molecule has 3 amide bonds. The minimum Gasteiger partial charge on any atom is -0.445 e. The fourth-order valence-corrected chi connectivity index (χ4v) is 3.43. The Morgan fingerprint density at radius 2 is 1.79 bits per heavy atom. The quantitative estimate of drug-likeness (QED) is 0.193. The Balaban J connectivity index is 1.59. The molecule has 9 heteroatoms. The molecular weight excluding hydrogens is 436 g/mol. The van der Waals surface area contributed by atoms with Gasteiger partial charge in [0.25, 0.3) is 0 Å². The van der Waals surface area contributed by atoms with Crippen molar-refractivity contribution >= 4 is 34.5 Å². The van der Waals surface area contributed by atoms with E-state index in [0.717, 1.165) is 16.5 Å². The van der Waals surface area contributed by atoms with Gasteiger partial charge in [0.2, 0.25) is 11.8 Å². The van der Waals surface area contributed by atoms with Gasteiger partial charge in [0.15, 0.2) is 0 Å². The number of alkyl carbamates (subject to hydrolysis) is 1. The first-order chi connectivity index (χ1) is 16.5. The Morgan fingerprint density at radius 3 is 2.59 bits per heavy atom. The Labute approximate surface area is 197 Å². The summed E-state index contributed by atoms with van der Waals surface area (Å²) in [5, 5.41) is 15.0. The molecule has 9 nitrogen and oxygen atoms in total. The number of aromatic nitrogens is 1. The standard InChI is InChI=1S/C25H28N4O5/c30-23(29-33)12-6-2-5-11-22(28-25(32)34-17-18-8-3-1-4-9-18)24(31)27-20-13-14-21-19(16-20)10-7-15-26-21/h1,3-4,7-10,13-16,22,33H,2,5-6,11-12,17H2,(H,27,31)(H,28,32)(H,29,30). The SMILES string of the molecule is O=C(CCCCCC(NC(=O)OCc1ccccc1)C(=O)Nc1ccc2ncccc2c1)NO. The van der Waals surface area contributed by atoms with E-state index in [9.17, 15) is 14.4 Å². The number of pyridine rings is 1. The molecule has 0 bridgehead atoms. The summed E-state index contributed by atoms with van der Waals surface area (Å²) >= 11 is 0. The smallest absolute Gasteiger partial charge is 0.408 e. The summed E-state index contributed by atoms with van der Waals surface area (Å²) in [5.74, 6) is -0.823. The molecule has 1 heterocycles. The number of rotatable bonds is 11. The Kier molecular flexibility index (Phi) is 9.36. The zero-order valence-electron chi connectivity index (χ0n) is 18.7. The van der Waals surface area contributed by atoms with Gasteiger partial charge in [-0.15, -0.1) is 0 Å². The van der Waals surface area contributed by atoms with E-state index in [1.165, 1.54) is 0 Å². The van der Waals surface area contributed by atoms with Crippen LogP contribution in [0.25, 0.3) is 10.9 Å². The number of fused-ring (bicyclic) bond motifs is 1. The van der Waals surface area contributed by atoms with Crippen LogP contribution in [-0.2, 0) is 20.9 Å². The normalized spacial score (nSPS) is 11.4. The molecule has 3 aromatic rings. The third kappa shape index (κ3) is 7.86. The van der Waals surface area contributed by atoms with E-state index < -0.39 is 18.0 Å². The van der Waals surface area contributed by atoms with Gasteiger partial charge in [-0.3, -0.25) is 19.8 Å². The van der Waals surface area contributed by atoms with Crippen LogP contribution in [0.3, 0.4) is 0 Å². The summed E-state index contributed by atoms with van der Waals surface area (Å²) in [6, 6.07) is 17.5. The first-order valence-corrected chi connectivity index (χ1v) is 11.1. The largest absolute Gasteiger partial charge is 0.445 e. The van der Waals surface area contributed by atoms with Gasteiger partial charge in [-0.1, -0.05) is 49.2 Å². The van der Waals surface area contributed by atoms with E-state index in [4.69, 9.17) is 9.94 Å². The van der Waals surface area contributed by atoms with Crippen LogP contribution >= 0.6 is 0 Å². The van der Waals surface area contributed by atoms with E-state index in [-0.39, 0.29) is 18.9 Å². The average molecular weight is 465 g/mol. The summed E-state index contributed by atoms with van der Waals surface area (Å²) in [6.45, 7) is 0.0922. The molecule has 1 aromatic heterocycles. The van der Waals surface area contributed by atoms with E-state index in [2.05, 4.69) is 15.6 Å². The number of ether oxygens (including phenoxy) is 1. The Hall–Kier alpha value is -3.98. The van der Waals surface area contributed by atoms with Crippen molar-refractivity contribution in [1.82, 2.24) is 15.8 Å². The highest BCUT2D eigenvalue weighted by Gasteiger charge is 2.21. The highest BCUT2D eigenvalue weighted by Crippen LogP contribution is 2.18. The molecule has 34 heavy (non-hydrogen) atoms. The van der Waals surface area contributed by atoms with Crippen LogP contribution in [0.2, 0.25) is 0 Å². The number of nitrogens with one attached hydrogen (secondary N) is 3. The van der Waals surface area contributed by atoms with Crippen LogP contribution < -0.4 is 16.1 Å². The van der Waals surface area contributed by atoms with Gasteiger partial charge < -0.3 is 15.4 Å². The number of hydrogen-bond donors (Lipinski definition) is 4. The van der Waals surface area contributed by atoms with Gasteiger partial charge in [0, 0.05) is 23.7 Å². The number of hydrogen-bond acceptors (Lipinski definition) is 6. The number of hydroxylamine groups is 1. The molecule has 1 atom stereocenters. The summed E-state index contributed by atoms with van der Waals surface area (Å²) in [4.78, 5) is 40.8. The lowest BCUT2D eigenvalue weighted by Crippen LogP contribution is -2.44. The first-order valence-electron chi connectivity index (χ1n) is 11.1. The van der Waals surface area contributed by atoms with Gasteiger partial charge in [0.1, 0.15) is 12.6 Å². The number of carbonyl (C=O) groups is 3. The summed E-state index contributed by atoms with van der Waals surface area (Å²) in [5.41, 5.74) is 3.84. The molecular formula is C25H28N4O5. The molecule has 0 spiro atoms. The fourth-order valence-electron chi connectivity index (χ4n) is 3.43. The highest BCUT2D eigenvalue weighted by molar-refractivity contribution is 5.98. The summed E-state index contributed by atoms with van der Waals surface area (Å²) in [7, 11) is 0.